The van der Waals surface area contributed by atoms with Gasteiger partial charge in [-0.2, -0.15) is 5.26 Å². The average Bonchev–Trinajstić information content (AvgIpc) is 2.70. The SMILES string of the molecule is CCOc1cc(/C=C/C(=O)Nc2cccc(OCCCC#N)c2)cc(Cl)c1OC. The number of hydrogen-bond donors (Lipinski definition) is 1. The highest BCUT2D eigenvalue weighted by molar-refractivity contribution is 6.32. The first-order valence-corrected chi connectivity index (χ1v) is 9.54. The molecule has 0 aromatic heterocycles. The van der Waals surface area contributed by atoms with Crippen LogP contribution in [-0.2, 0) is 4.79 Å². The van der Waals surface area contributed by atoms with Crippen molar-refractivity contribution in [2.75, 3.05) is 25.6 Å². The Balaban J connectivity index is 2.02. The summed E-state index contributed by atoms with van der Waals surface area (Å²) in [5, 5.41) is 11.7. The van der Waals surface area contributed by atoms with Gasteiger partial charge in [0.1, 0.15) is 5.75 Å². The molecule has 0 unspecified atom stereocenters. The predicted octanol–water partition coefficient (Wildman–Crippen LogP) is 5.08. The number of methoxy groups -OCH3 is 1. The molecular formula is C22H23ClN2O4. The standard InChI is InChI=1S/C22H23ClN2O4/c1-3-28-20-14-16(13-19(23)22(20)27-2)9-10-21(26)25-17-7-6-8-18(15-17)29-12-5-4-11-24/h6-10,13-15H,3-5,12H2,1-2H3,(H,25,26)/b10-9+. The lowest BCUT2D eigenvalue weighted by Gasteiger charge is -2.11. The molecule has 0 heterocycles. The summed E-state index contributed by atoms with van der Waals surface area (Å²) in [6.07, 6.45) is 4.16. The smallest absolute Gasteiger partial charge is 0.248 e. The molecular weight excluding hydrogens is 392 g/mol. The quantitative estimate of drug-likeness (QED) is 0.433. The maximum absolute atomic E-state index is 12.3. The first kappa shape index (κ1) is 22.1. The summed E-state index contributed by atoms with van der Waals surface area (Å²) in [7, 11) is 1.52. The predicted molar refractivity (Wildman–Crippen MR) is 114 cm³/mol. The third-order valence-electron chi connectivity index (χ3n) is 3.77. The highest BCUT2D eigenvalue weighted by Crippen LogP contribution is 2.36. The average molecular weight is 415 g/mol. The van der Waals surface area contributed by atoms with E-state index in [4.69, 9.17) is 31.1 Å². The molecule has 0 atom stereocenters. The number of rotatable bonds is 10. The van der Waals surface area contributed by atoms with Crippen molar-refractivity contribution in [2.45, 2.75) is 19.8 Å². The van der Waals surface area contributed by atoms with Crippen LogP contribution in [0.25, 0.3) is 6.08 Å². The van der Waals surface area contributed by atoms with Gasteiger partial charge in [-0.25, -0.2) is 0 Å². The van der Waals surface area contributed by atoms with E-state index in [0.29, 0.717) is 59.6 Å². The largest absolute Gasteiger partial charge is 0.493 e. The summed E-state index contributed by atoms with van der Waals surface area (Å²) < 4.78 is 16.4. The highest BCUT2D eigenvalue weighted by Gasteiger charge is 2.10. The zero-order valence-electron chi connectivity index (χ0n) is 16.4. The Kier molecular flexibility index (Phi) is 8.87. The molecule has 0 radical (unpaired) electrons. The molecule has 0 aliphatic carbocycles. The Bertz CT molecular complexity index is 906. The number of nitriles is 1. The van der Waals surface area contributed by atoms with Crippen LogP contribution in [-0.4, -0.2) is 26.2 Å². The van der Waals surface area contributed by atoms with Crippen LogP contribution in [0, 0.1) is 11.3 Å². The van der Waals surface area contributed by atoms with Gasteiger partial charge in [-0.1, -0.05) is 17.7 Å². The number of ether oxygens (including phenoxy) is 3. The number of amides is 1. The topological polar surface area (TPSA) is 80.6 Å². The molecule has 7 heteroatoms. The summed E-state index contributed by atoms with van der Waals surface area (Å²) in [6, 6.07) is 12.6. The molecule has 152 valence electrons. The third kappa shape index (κ3) is 7.05. The van der Waals surface area contributed by atoms with Gasteiger partial charge in [-0.3, -0.25) is 4.79 Å². The first-order valence-electron chi connectivity index (χ1n) is 9.16. The van der Waals surface area contributed by atoms with Gasteiger partial charge in [0.2, 0.25) is 5.91 Å². The molecule has 0 bridgehead atoms. The van der Waals surface area contributed by atoms with E-state index in [2.05, 4.69) is 11.4 Å². The van der Waals surface area contributed by atoms with Gasteiger partial charge in [0.15, 0.2) is 11.5 Å². The van der Waals surface area contributed by atoms with E-state index in [1.54, 1.807) is 42.5 Å². The zero-order chi connectivity index (χ0) is 21.1. The Morgan fingerprint density at radius 1 is 1.28 bits per heavy atom. The molecule has 0 fully saturated rings. The second-order valence-corrected chi connectivity index (χ2v) is 6.33. The summed E-state index contributed by atoms with van der Waals surface area (Å²) in [5.74, 6) is 1.31. The summed E-state index contributed by atoms with van der Waals surface area (Å²) in [4.78, 5) is 12.3. The fourth-order valence-corrected chi connectivity index (χ4v) is 2.80. The van der Waals surface area contributed by atoms with Gasteiger partial charge in [0, 0.05) is 24.3 Å². The molecule has 2 rings (SSSR count). The number of halogens is 1. The van der Waals surface area contributed by atoms with Crippen LogP contribution in [0.1, 0.15) is 25.3 Å². The van der Waals surface area contributed by atoms with E-state index in [1.165, 1.54) is 13.2 Å². The maximum atomic E-state index is 12.3. The lowest BCUT2D eigenvalue weighted by molar-refractivity contribution is -0.111. The van der Waals surface area contributed by atoms with Gasteiger partial charge < -0.3 is 19.5 Å². The van der Waals surface area contributed by atoms with E-state index < -0.39 is 0 Å². The third-order valence-corrected chi connectivity index (χ3v) is 4.05. The number of unbranched alkanes of at least 4 members (excludes halogenated alkanes) is 1. The van der Waals surface area contributed by atoms with Crippen molar-refractivity contribution < 1.29 is 19.0 Å². The van der Waals surface area contributed by atoms with Crippen molar-refractivity contribution in [1.82, 2.24) is 0 Å². The van der Waals surface area contributed by atoms with Crippen LogP contribution >= 0.6 is 11.6 Å². The molecule has 0 saturated carbocycles. The number of anilines is 1. The Labute approximate surface area is 175 Å². The molecule has 6 nitrogen and oxygen atoms in total. The van der Waals surface area contributed by atoms with Crippen LogP contribution in [0.4, 0.5) is 5.69 Å². The lowest BCUT2D eigenvalue weighted by Crippen LogP contribution is -2.08. The second kappa shape index (κ2) is 11.6. The van der Waals surface area contributed by atoms with Crippen molar-refractivity contribution in [3.63, 3.8) is 0 Å². The number of nitrogens with zero attached hydrogens (tertiary/aromatic N) is 1. The molecule has 0 spiro atoms. The molecule has 2 aromatic rings. The number of benzene rings is 2. The van der Waals surface area contributed by atoms with E-state index in [1.807, 2.05) is 6.92 Å². The van der Waals surface area contributed by atoms with Crippen LogP contribution < -0.4 is 19.5 Å². The number of carbonyl (C=O) groups excluding carboxylic acids is 1. The van der Waals surface area contributed by atoms with Crippen molar-refractivity contribution in [1.29, 1.82) is 5.26 Å². The van der Waals surface area contributed by atoms with Crippen LogP contribution in [0.2, 0.25) is 5.02 Å². The molecule has 0 saturated heterocycles. The van der Waals surface area contributed by atoms with Crippen LogP contribution in [0.3, 0.4) is 0 Å². The minimum atomic E-state index is -0.295. The van der Waals surface area contributed by atoms with Gasteiger partial charge in [0.05, 0.1) is 31.4 Å². The fraction of sp³-hybridized carbons (Fsp3) is 0.273. The molecule has 0 aliphatic rings. The number of hydrogen-bond acceptors (Lipinski definition) is 5. The maximum Gasteiger partial charge on any atom is 0.248 e. The van der Waals surface area contributed by atoms with Crippen molar-refractivity contribution in [3.8, 4) is 23.3 Å². The molecule has 1 N–H and O–H groups in total. The van der Waals surface area contributed by atoms with Gasteiger partial charge in [-0.05, 0) is 49.2 Å². The lowest BCUT2D eigenvalue weighted by atomic mass is 10.2. The van der Waals surface area contributed by atoms with E-state index in [9.17, 15) is 4.79 Å². The number of carbonyl (C=O) groups is 1. The minimum absolute atomic E-state index is 0.295. The molecule has 1 amide bonds. The zero-order valence-corrected chi connectivity index (χ0v) is 17.2. The van der Waals surface area contributed by atoms with Crippen molar-refractivity contribution >= 4 is 29.3 Å². The Morgan fingerprint density at radius 2 is 2.10 bits per heavy atom. The fourth-order valence-electron chi connectivity index (χ4n) is 2.51. The Morgan fingerprint density at radius 3 is 2.83 bits per heavy atom. The summed E-state index contributed by atoms with van der Waals surface area (Å²) >= 11 is 6.22. The Hall–Kier alpha value is -3.17. The monoisotopic (exact) mass is 414 g/mol. The first-order chi connectivity index (χ1) is 14.1. The van der Waals surface area contributed by atoms with E-state index in [-0.39, 0.29) is 5.91 Å². The van der Waals surface area contributed by atoms with Crippen molar-refractivity contribution in [2.24, 2.45) is 0 Å². The molecule has 0 aliphatic heterocycles. The van der Waals surface area contributed by atoms with Crippen LogP contribution in [0.5, 0.6) is 17.2 Å². The van der Waals surface area contributed by atoms with Gasteiger partial charge in [-0.15, -0.1) is 0 Å². The van der Waals surface area contributed by atoms with Crippen molar-refractivity contribution in [3.05, 3.63) is 53.1 Å². The van der Waals surface area contributed by atoms with Gasteiger partial charge in [0.25, 0.3) is 0 Å². The molecule has 29 heavy (non-hydrogen) atoms. The minimum Gasteiger partial charge on any atom is -0.493 e. The number of nitrogens with one attached hydrogen (secondary N) is 1. The highest BCUT2D eigenvalue weighted by atomic mass is 35.5. The van der Waals surface area contributed by atoms with Crippen LogP contribution in [0.15, 0.2) is 42.5 Å². The van der Waals surface area contributed by atoms with E-state index >= 15 is 0 Å². The summed E-state index contributed by atoms with van der Waals surface area (Å²) in [6.45, 7) is 2.78. The normalized spacial score (nSPS) is 10.4. The van der Waals surface area contributed by atoms with Gasteiger partial charge >= 0.3 is 0 Å². The second-order valence-electron chi connectivity index (χ2n) is 5.93. The molecule has 2 aromatic carbocycles. The van der Waals surface area contributed by atoms with E-state index in [0.717, 1.165) is 0 Å². The summed E-state index contributed by atoms with van der Waals surface area (Å²) in [5.41, 5.74) is 1.32.